The number of hydrogen-bond acceptors (Lipinski definition) is 1. The van der Waals surface area contributed by atoms with Crippen molar-refractivity contribution in [2.45, 2.75) is 6.18 Å². The smallest absolute Gasteiger partial charge is 0.206 e. The lowest BCUT2D eigenvalue weighted by Gasteiger charge is -2.10. The van der Waals surface area contributed by atoms with Crippen LogP contribution in [0.4, 0.5) is 17.6 Å². The third-order valence-electron chi connectivity index (χ3n) is 1.50. The molecule has 0 saturated carbocycles. The van der Waals surface area contributed by atoms with Crippen LogP contribution in [0.25, 0.3) is 0 Å². The molecule has 0 bridgehead atoms. The first kappa shape index (κ1) is 11.0. The minimum atomic E-state index is -4.74. The summed E-state index contributed by atoms with van der Waals surface area (Å²) in [4.78, 5) is 0. The maximum atomic E-state index is 12.8. The number of hydrogen-bond donors (Lipinski definition) is 0. The van der Waals surface area contributed by atoms with Crippen molar-refractivity contribution in [2.24, 2.45) is 0 Å². The van der Waals surface area contributed by atoms with Crippen molar-refractivity contribution in [3.63, 3.8) is 0 Å². The highest BCUT2D eigenvalue weighted by Gasteiger charge is 2.37. The van der Waals surface area contributed by atoms with E-state index in [1.807, 2.05) is 0 Å². The van der Waals surface area contributed by atoms with Gasteiger partial charge < -0.3 is 0 Å². The first-order valence-corrected chi connectivity index (χ1v) is 4.12. The molecule has 0 amide bonds. The first-order valence-electron chi connectivity index (χ1n) is 3.33. The first-order chi connectivity index (χ1) is 6.38. The average molecular weight is 268 g/mol. The van der Waals surface area contributed by atoms with Gasteiger partial charge in [-0.3, -0.25) is 0 Å². The van der Waals surface area contributed by atoms with Crippen LogP contribution in [0.1, 0.15) is 11.1 Å². The third kappa shape index (κ3) is 1.87. The van der Waals surface area contributed by atoms with Gasteiger partial charge in [-0.25, -0.2) is 4.39 Å². The lowest BCUT2D eigenvalue weighted by Crippen LogP contribution is -2.10. The van der Waals surface area contributed by atoms with Crippen LogP contribution in [-0.4, -0.2) is 0 Å². The van der Waals surface area contributed by atoms with Crippen molar-refractivity contribution in [3.05, 3.63) is 33.5 Å². The standard InChI is InChI=1S/C8H2BrF4N/c9-5-1-2-6(10)4(3-14)7(5)8(11,12)13/h1-2H. The van der Waals surface area contributed by atoms with Crippen LogP contribution in [0.15, 0.2) is 16.6 Å². The molecule has 1 nitrogen and oxygen atoms in total. The summed E-state index contributed by atoms with van der Waals surface area (Å²) < 4.78 is 49.5. The molecule has 0 fully saturated rings. The van der Waals surface area contributed by atoms with E-state index in [1.165, 1.54) is 6.07 Å². The predicted molar refractivity (Wildman–Crippen MR) is 43.8 cm³/mol. The van der Waals surface area contributed by atoms with Gasteiger partial charge in [-0.05, 0) is 12.1 Å². The Labute approximate surface area is 85.1 Å². The fourth-order valence-corrected chi connectivity index (χ4v) is 1.49. The summed E-state index contributed by atoms with van der Waals surface area (Å²) >= 11 is 2.62. The highest BCUT2D eigenvalue weighted by molar-refractivity contribution is 9.10. The molecule has 0 radical (unpaired) electrons. The zero-order chi connectivity index (χ0) is 10.9. The second kappa shape index (κ2) is 3.58. The number of nitrogens with zero attached hydrogens (tertiary/aromatic N) is 1. The maximum Gasteiger partial charge on any atom is 0.418 e. The van der Waals surface area contributed by atoms with Gasteiger partial charge in [0.15, 0.2) is 0 Å². The summed E-state index contributed by atoms with van der Waals surface area (Å²) in [5.74, 6) is -1.18. The summed E-state index contributed by atoms with van der Waals surface area (Å²) in [6.45, 7) is 0. The number of benzene rings is 1. The lowest BCUT2D eigenvalue weighted by molar-refractivity contribution is -0.138. The molecule has 0 unspecified atom stereocenters. The molecule has 0 aliphatic carbocycles. The topological polar surface area (TPSA) is 23.8 Å². The molecular formula is C8H2BrF4N. The number of rotatable bonds is 0. The van der Waals surface area contributed by atoms with Gasteiger partial charge in [0.1, 0.15) is 17.4 Å². The van der Waals surface area contributed by atoms with Crippen LogP contribution in [0.5, 0.6) is 0 Å². The van der Waals surface area contributed by atoms with Gasteiger partial charge >= 0.3 is 6.18 Å². The molecule has 0 aliphatic rings. The van der Waals surface area contributed by atoms with Crippen molar-refractivity contribution in [1.29, 1.82) is 5.26 Å². The van der Waals surface area contributed by atoms with E-state index in [9.17, 15) is 17.6 Å². The van der Waals surface area contributed by atoms with E-state index < -0.39 is 23.1 Å². The van der Waals surface area contributed by atoms with Crippen LogP contribution in [0, 0.1) is 17.1 Å². The van der Waals surface area contributed by atoms with E-state index >= 15 is 0 Å². The maximum absolute atomic E-state index is 12.8. The molecule has 1 aromatic rings. The Hall–Kier alpha value is -1.09. The van der Waals surface area contributed by atoms with Gasteiger partial charge in [-0.1, -0.05) is 15.9 Å². The summed E-state index contributed by atoms with van der Waals surface area (Å²) in [6.07, 6.45) is -4.74. The molecule has 0 spiro atoms. The van der Waals surface area contributed by atoms with E-state index in [2.05, 4.69) is 15.9 Å². The molecule has 0 saturated heterocycles. The van der Waals surface area contributed by atoms with Crippen molar-refractivity contribution >= 4 is 15.9 Å². The predicted octanol–water partition coefficient (Wildman–Crippen LogP) is 3.48. The van der Waals surface area contributed by atoms with E-state index in [1.54, 1.807) is 0 Å². The Kier molecular flexibility index (Phi) is 2.81. The zero-order valence-corrected chi connectivity index (χ0v) is 8.08. The molecule has 0 aromatic heterocycles. The minimum absolute atomic E-state index is 0.344. The second-order valence-electron chi connectivity index (χ2n) is 2.39. The largest absolute Gasteiger partial charge is 0.418 e. The zero-order valence-electron chi connectivity index (χ0n) is 6.49. The fraction of sp³-hybridized carbons (Fsp3) is 0.125. The van der Waals surface area contributed by atoms with Gasteiger partial charge in [0.05, 0.1) is 5.56 Å². The van der Waals surface area contributed by atoms with Crippen molar-refractivity contribution in [2.75, 3.05) is 0 Å². The number of halogens is 5. The van der Waals surface area contributed by atoms with Crippen molar-refractivity contribution in [3.8, 4) is 6.07 Å². The third-order valence-corrected chi connectivity index (χ3v) is 2.16. The van der Waals surface area contributed by atoms with Gasteiger partial charge in [-0.2, -0.15) is 18.4 Å². The summed E-state index contributed by atoms with van der Waals surface area (Å²) in [5.41, 5.74) is -2.27. The Balaban J connectivity index is 3.56. The van der Waals surface area contributed by atoms with E-state index in [-0.39, 0.29) is 4.47 Å². The monoisotopic (exact) mass is 267 g/mol. The van der Waals surface area contributed by atoms with Gasteiger partial charge in [-0.15, -0.1) is 0 Å². The fourth-order valence-electron chi connectivity index (χ4n) is 0.938. The van der Waals surface area contributed by atoms with Crippen LogP contribution in [-0.2, 0) is 6.18 Å². The van der Waals surface area contributed by atoms with Crippen molar-refractivity contribution < 1.29 is 17.6 Å². The molecule has 1 rings (SSSR count). The SMILES string of the molecule is N#Cc1c(F)ccc(Br)c1C(F)(F)F. The summed E-state index contributed by atoms with van der Waals surface area (Å²) in [6, 6.07) is 2.91. The van der Waals surface area contributed by atoms with Crippen LogP contribution >= 0.6 is 15.9 Å². The van der Waals surface area contributed by atoms with Crippen LogP contribution < -0.4 is 0 Å². The normalized spacial score (nSPS) is 11.1. The Morgan fingerprint density at radius 2 is 1.86 bits per heavy atom. The lowest BCUT2D eigenvalue weighted by atomic mass is 10.1. The summed E-state index contributed by atoms with van der Waals surface area (Å²) in [5, 5.41) is 8.38. The van der Waals surface area contributed by atoms with E-state index in [4.69, 9.17) is 5.26 Å². The van der Waals surface area contributed by atoms with Gasteiger partial charge in [0.25, 0.3) is 0 Å². The van der Waals surface area contributed by atoms with Gasteiger partial charge in [0, 0.05) is 4.47 Å². The molecule has 14 heavy (non-hydrogen) atoms. The number of nitriles is 1. The quantitative estimate of drug-likeness (QED) is 0.661. The minimum Gasteiger partial charge on any atom is -0.206 e. The summed E-state index contributed by atoms with van der Waals surface area (Å²) in [7, 11) is 0. The average Bonchev–Trinajstić information content (AvgIpc) is 2.06. The van der Waals surface area contributed by atoms with Crippen molar-refractivity contribution in [1.82, 2.24) is 0 Å². The molecule has 0 aliphatic heterocycles. The molecule has 0 atom stereocenters. The van der Waals surface area contributed by atoms with Crippen LogP contribution in [0.3, 0.4) is 0 Å². The number of alkyl halides is 3. The second-order valence-corrected chi connectivity index (χ2v) is 3.24. The molecule has 1 aromatic carbocycles. The molecule has 6 heteroatoms. The van der Waals surface area contributed by atoms with Crippen LogP contribution in [0.2, 0.25) is 0 Å². The Bertz CT molecular complexity index is 405. The Morgan fingerprint density at radius 3 is 2.21 bits per heavy atom. The molecule has 0 heterocycles. The van der Waals surface area contributed by atoms with Gasteiger partial charge in [0.2, 0.25) is 0 Å². The Morgan fingerprint density at radius 1 is 1.29 bits per heavy atom. The highest BCUT2D eigenvalue weighted by Crippen LogP contribution is 2.37. The van der Waals surface area contributed by atoms with E-state index in [0.29, 0.717) is 0 Å². The molecule has 74 valence electrons. The molecular weight excluding hydrogens is 266 g/mol. The highest BCUT2D eigenvalue weighted by atomic mass is 79.9. The molecule has 0 N–H and O–H groups in total. The van der Waals surface area contributed by atoms with E-state index in [0.717, 1.165) is 12.1 Å².